The SMILES string of the molecule is CN(C)C=C(C(=O)O)c1ccc(C#N)cc1. The van der Waals surface area contributed by atoms with E-state index in [9.17, 15) is 4.79 Å². The molecule has 0 atom stereocenters. The molecule has 0 bridgehead atoms. The fourth-order valence-corrected chi connectivity index (χ4v) is 1.24. The number of nitriles is 1. The molecule has 0 aliphatic carbocycles. The zero-order valence-corrected chi connectivity index (χ0v) is 9.14. The summed E-state index contributed by atoms with van der Waals surface area (Å²) in [6.45, 7) is 0. The van der Waals surface area contributed by atoms with Crippen LogP contribution in [0.4, 0.5) is 0 Å². The van der Waals surface area contributed by atoms with Gasteiger partial charge in [0.1, 0.15) is 0 Å². The summed E-state index contributed by atoms with van der Waals surface area (Å²) in [4.78, 5) is 12.7. The van der Waals surface area contributed by atoms with Crippen molar-refractivity contribution < 1.29 is 9.90 Å². The summed E-state index contributed by atoms with van der Waals surface area (Å²) in [5.74, 6) is -0.988. The van der Waals surface area contributed by atoms with Gasteiger partial charge in [-0.2, -0.15) is 5.26 Å². The summed E-state index contributed by atoms with van der Waals surface area (Å²) in [7, 11) is 3.51. The number of hydrogen-bond acceptors (Lipinski definition) is 3. The quantitative estimate of drug-likeness (QED) is 0.778. The van der Waals surface area contributed by atoms with Gasteiger partial charge in [0, 0.05) is 20.3 Å². The molecule has 0 unspecified atom stereocenters. The van der Waals surface area contributed by atoms with Gasteiger partial charge in [0.2, 0.25) is 0 Å². The highest BCUT2D eigenvalue weighted by Crippen LogP contribution is 2.15. The molecule has 1 N–H and O–H groups in total. The standard InChI is InChI=1S/C12H12N2O2/c1-14(2)8-11(12(15)16)10-5-3-9(7-13)4-6-10/h3-6,8H,1-2H3,(H,15,16). The minimum atomic E-state index is -0.988. The third-order valence-corrected chi connectivity index (χ3v) is 1.94. The van der Waals surface area contributed by atoms with E-state index in [4.69, 9.17) is 10.4 Å². The molecule has 1 aromatic rings. The summed E-state index contributed by atoms with van der Waals surface area (Å²) in [6, 6.07) is 8.44. The highest BCUT2D eigenvalue weighted by atomic mass is 16.4. The number of carboxylic acids is 1. The van der Waals surface area contributed by atoms with E-state index in [2.05, 4.69) is 0 Å². The monoisotopic (exact) mass is 216 g/mol. The van der Waals surface area contributed by atoms with Crippen molar-refractivity contribution in [3.05, 3.63) is 41.6 Å². The predicted molar refractivity (Wildman–Crippen MR) is 60.5 cm³/mol. The molecule has 0 amide bonds. The largest absolute Gasteiger partial charge is 0.478 e. The minimum Gasteiger partial charge on any atom is -0.478 e. The Morgan fingerprint density at radius 2 is 1.94 bits per heavy atom. The van der Waals surface area contributed by atoms with Crippen LogP contribution in [0.1, 0.15) is 11.1 Å². The lowest BCUT2D eigenvalue weighted by molar-refractivity contribution is -0.130. The molecule has 1 rings (SSSR count). The average molecular weight is 216 g/mol. The maximum Gasteiger partial charge on any atom is 0.337 e. The van der Waals surface area contributed by atoms with Crippen LogP contribution in [-0.4, -0.2) is 30.1 Å². The molecular weight excluding hydrogens is 204 g/mol. The summed E-state index contributed by atoms with van der Waals surface area (Å²) < 4.78 is 0. The fourth-order valence-electron chi connectivity index (χ4n) is 1.24. The average Bonchev–Trinajstić information content (AvgIpc) is 2.25. The highest BCUT2D eigenvalue weighted by molar-refractivity contribution is 6.15. The van der Waals surface area contributed by atoms with Crippen molar-refractivity contribution in [2.75, 3.05) is 14.1 Å². The van der Waals surface area contributed by atoms with Gasteiger partial charge in [-0.05, 0) is 17.7 Å². The van der Waals surface area contributed by atoms with E-state index in [1.165, 1.54) is 6.20 Å². The van der Waals surface area contributed by atoms with Crippen molar-refractivity contribution in [1.82, 2.24) is 4.90 Å². The number of nitrogens with zero attached hydrogens (tertiary/aromatic N) is 2. The van der Waals surface area contributed by atoms with E-state index in [1.54, 1.807) is 43.3 Å². The molecule has 0 aromatic heterocycles. The Labute approximate surface area is 94.0 Å². The maximum absolute atomic E-state index is 11.0. The number of carboxylic acid groups (broad SMARTS) is 1. The molecule has 4 nitrogen and oxygen atoms in total. The van der Waals surface area contributed by atoms with Crippen LogP contribution in [0.25, 0.3) is 5.57 Å². The Bertz CT molecular complexity index is 453. The molecule has 0 saturated carbocycles. The van der Waals surface area contributed by atoms with Crippen LogP contribution in [-0.2, 0) is 4.79 Å². The van der Waals surface area contributed by atoms with Crippen molar-refractivity contribution in [1.29, 1.82) is 5.26 Å². The molecule has 0 saturated heterocycles. The van der Waals surface area contributed by atoms with Gasteiger partial charge < -0.3 is 10.0 Å². The first-order valence-electron chi connectivity index (χ1n) is 4.66. The minimum absolute atomic E-state index is 0.203. The second kappa shape index (κ2) is 4.99. The summed E-state index contributed by atoms with van der Waals surface area (Å²) in [6.07, 6.45) is 1.53. The van der Waals surface area contributed by atoms with Crippen LogP contribution in [0.3, 0.4) is 0 Å². The normalized spacial score (nSPS) is 10.7. The Hall–Kier alpha value is -2.28. The number of hydrogen-bond donors (Lipinski definition) is 1. The van der Waals surface area contributed by atoms with Crippen molar-refractivity contribution in [2.24, 2.45) is 0 Å². The lowest BCUT2D eigenvalue weighted by Gasteiger charge is -2.08. The topological polar surface area (TPSA) is 64.3 Å². The fraction of sp³-hybridized carbons (Fsp3) is 0.167. The van der Waals surface area contributed by atoms with Crippen LogP contribution in [0.2, 0.25) is 0 Å². The lowest BCUT2D eigenvalue weighted by Crippen LogP contribution is -2.08. The van der Waals surface area contributed by atoms with E-state index < -0.39 is 5.97 Å². The Balaban J connectivity index is 3.13. The molecular formula is C12H12N2O2. The third kappa shape index (κ3) is 2.85. The van der Waals surface area contributed by atoms with Crippen LogP contribution < -0.4 is 0 Å². The van der Waals surface area contributed by atoms with Crippen molar-refractivity contribution in [2.45, 2.75) is 0 Å². The summed E-state index contributed by atoms with van der Waals surface area (Å²) >= 11 is 0. The van der Waals surface area contributed by atoms with Gasteiger partial charge >= 0.3 is 5.97 Å². The second-order valence-electron chi connectivity index (χ2n) is 3.50. The van der Waals surface area contributed by atoms with Crippen LogP contribution in [0.5, 0.6) is 0 Å². The van der Waals surface area contributed by atoms with Gasteiger partial charge in [-0.1, -0.05) is 12.1 Å². The zero-order chi connectivity index (χ0) is 12.1. The van der Waals surface area contributed by atoms with Gasteiger partial charge in [0.25, 0.3) is 0 Å². The Morgan fingerprint density at radius 1 is 1.38 bits per heavy atom. The van der Waals surface area contributed by atoms with Gasteiger partial charge in [-0.3, -0.25) is 0 Å². The van der Waals surface area contributed by atoms with E-state index in [0.717, 1.165) is 0 Å². The summed E-state index contributed by atoms with van der Waals surface area (Å²) in [5, 5.41) is 17.7. The molecule has 0 heterocycles. The van der Waals surface area contributed by atoms with E-state index in [0.29, 0.717) is 11.1 Å². The molecule has 82 valence electrons. The van der Waals surface area contributed by atoms with Crippen LogP contribution >= 0.6 is 0 Å². The van der Waals surface area contributed by atoms with Gasteiger partial charge in [-0.25, -0.2) is 4.79 Å². The van der Waals surface area contributed by atoms with E-state index in [1.807, 2.05) is 6.07 Å². The first kappa shape index (κ1) is 11.8. The van der Waals surface area contributed by atoms with Crippen molar-refractivity contribution in [3.63, 3.8) is 0 Å². The highest BCUT2D eigenvalue weighted by Gasteiger charge is 2.10. The number of benzene rings is 1. The molecule has 0 fully saturated rings. The first-order valence-corrected chi connectivity index (χ1v) is 4.66. The molecule has 16 heavy (non-hydrogen) atoms. The van der Waals surface area contributed by atoms with Crippen LogP contribution in [0, 0.1) is 11.3 Å². The van der Waals surface area contributed by atoms with Crippen LogP contribution in [0.15, 0.2) is 30.5 Å². The number of aliphatic carboxylic acids is 1. The smallest absolute Gasteiger partial charge is 0.337 e. The molecule has 0 spiro atoms. The van der Waals surface area contributed by atoms with Crippen molar-refractivity contribution in [3.8, 4) is 6.07 Å². The number of carbonyl (C=O) groups is 1. The number of rotatable bonds is 3. The van der Waals surface area contributed by atoms with Gasteiger partial charge in [0.15, 0.2) is 0 Å². The van der Waals surface area contributed by atoms with Gasteiger partial charge in [-0.15, -0.1) is 0 Å². The molecule has 0 aliphatic rings. The molecule has 0 aliphatic heterocycles. The molecule has 4 heteroatoms. The zero-order valence-electron chi connectivity index (χ0n) is 9.14. The van der Waals surface area contributed by atoms with Crippen molar-refractivity contribution >= 4 is 11.5 Å². The first-order chi connectivity index (χ1) is 7.54. The van der Waals surface area contributed by atoms with E-state index in [-0.39, 0.29) is 5.57 Å². The predicted octanol–water partition coefficient (Wildman–Crippen LogP) is 1.55. The second-order valence-corrected chi connectivity index (χ2v) is 3.50. The van der Waals surface area contributed by atoms with Gasteiger partial charge in [0.05, 0.1) is 17.2 Å². The maximum atomic E-state index is 11.0. The molecule has 0 radical (unpaired) electrons. The lowest BCUT2D eigenvalue weighted by atomic mass is 10.1. The molecule has 1 aromatic carbocycles. The van der Waals surface area contributed by atoms with E-state index >= 15 is 0 Å². The Kier molecular flexibility index (Phi) is 3.67. The Morgan fingerprint density at radius 3 is 2.31 bits per heavy atom. The third-order valence-electron chi connectivity index (χ3n) is 1.94. The summed E-state index contributed by atoms with van der Waals surface area (Å²) in [5.41, 5.74) is 1.30.